The fourth-order valence-corrected chi connectivity index (χ4v) is 2.62. The van der Waals surface area contributed by atoms with E-state index in [0.29, 0.717) is 12.0 Å². The lowest BCUT2D eigenvalue weighted by atomic mass is 10.1. The molecule has 0 fully saturated rings. The molecular formula is C14H15N. The van der Waals surface area contributed by atoms with Crippen LogP contribution in [0.25, 0.3) is 0 Å². The molecule has 0 saturated heterocycles. The number of anilines is 1. The molecule has 2 atom stereocenters. The van der Waals surface area contributed by atoms with Gasteiger partial charge in [-0.05, 0) is 25.5 Å². The van der Waals surface area contributed by atoms with E-state index in [2.05, 4.69) is 60.5 Å². The first kappa shape index (κ1) is 8.78. The molecule has 1 aliphatic carbocycles. The van der Waals surface area contributed by atoms with Crippen LogP contribution >= 0.6 is 0 Å². The van der Waals surface area contributed by atoms with Crippen LogP contribution in [0, 0.1) is 5.92 Å². The lowest BCUT2D eigenvalue weighted by Gasteiger charge is -2.25. The smallest absolute Gasteiger partial charge is 0.0471 e. The Morgan fingerprint density at radius 2 is 2.00 bits per heavy atom. The molecule has 1 aromatic carbocycles. The van der Waals surface area contributed by atoms with Gasteiger partial charge in [0.2, 0.25) is 0 Å². The summed E-state index contributed by atoms with van der Waals surface area (Å²) in [5, 5.41) is 0. The quantitative estimate of drug-likeness (QED) is 0.624. The number of rotatable bonds is 1. The van der Waals surface area contributed by atoms with Crippen LogP contribution in [0.5, 0.6) is 0 Å². The van der Waals surface area contributed by atoms with Crippen molar-refractivity contribution in [2.45, 2.75) is 19.4 Å². The largest absolute Gasteiger partial charge is 0.344 e. The third kappa shape index (κ3) is 1.39. The van der Waals surface area contributed by atoms with Crippen molar-refractivity contribution in [3.63, 3.8) is 0 Å². The van der Waals surface area contributed by atoms with Crippen molar-refractivity contribution in [1.29, 1.82) is 0 Å². The van der Waals surface area contributed by atoms with Crippen molar-refractivity contribution >= 4 is 5.69 Å². The molecule has 1 heteroatoms. The van der Waals surface area contributed by atoms with Gasteiger partial charge >= 0.3 is 0 Å². The maximum absolute atomic E-state index is 2.40. The number of nitrogens with zero attached hydrogens (tertiary/aromatic N) is 1. The normalized spacial score (nSPS) is 28.1. The Morgan fingerprint density at radius 1 is 1.20 bits per heavy atom. The van der Waals surface area contributed by atoms with Crippen LogP contribution in [0.4, 0.5) is 5.69 Å². The number of fused-ring (bicyclic) bond motifs is 1. The van der Waals surface area contributed by atoms with Crippen molar-refractivity contribution < 1.29 is 0 Å². The first-order valence-electron chi connectivity index (χ1n) is 5.53. The Bertz CT molecular complexity index is 416. The minimum absolute atomic E-state index is 0.630. The van der Waals surface area contributed by atoms with Crippen LogP contribution in [-0.2, 0) is 0 Å². The number of para-hydroxylation sites is 1. The highest BCUT2D eigenvalue weighted by atomic mass is 15.2. The summed E-state index contributed by atoms with van der Waals surface area (Å²) in [7, 11) is 0. The summed E-state index contributed by atoms with van der Waals surface area (Å²) >= 11 is 0. The second-order valence-corrected chi connectivity index (χ2v) is 4.45. The first-order valence-corrected chi connectivity index (χ1v) is 5.53. The predicted molar refractivity (Wildman–Crippen MR) is 63.7 cm³/mol. The van der Waals surface area contributed by atoms with Crippen molar-refractivity contribution in [3.05, 3.63) is 54.3 Å². The van der Waals surface area contributed by atoms with Gasteiger partial charge in [0.05, 0.1) is 0 Å². The molecule has 1 aromatic rings. The second-order valence-electron chi connectivity index (χ2n) is 4.45. The molecule has 3 rings (SSSR count). The fraction of sp³-hybridized carbons (Fsp3) is 0.286. The van der Waals surface area contributed by atoms with E-state index in [-0.39, 0.29) is 0 Å². The minimum atomic E-state index is 0.630. The molecule has 76 valence electrons. The van der Waals surface area contributed by atoms with Gasteiger partial charge in [-0.1, -0.05) is 35.9 Å². The SMILES string of the molecule is CC1=CC2C=CN(c3ccccc3)C2C1. The Morgan fingerprint density at radius 3 is 2.80 bits per heavy atom. The van der Waals surface area contributed by atoms with E-state index in [4.69, 9.17) is 0 Å². The Labute approximate surface area is 90.7 Å². The summed E-state index contributed by atoms with van der Waals surface area (Å²) in [6.45, 7) is 2.23. The average Bonchev–Trinajstić information content (AvgIpc) is 2.77. The Balaban J connectivity index is 1.90. The van der Waals surface area contributed by atoms with Gasteiger partial charge in [0, 0.05) is 23.8 Å². The Kier molecular flexibility index (Phi) is 1.91. The van der Waals surface area contributed by atoms with Gasteiger partial charge in [0.1, 0.15) is 0 Å². The van der Waals surface area contributed by atoms with Crippen LogP contribution in [0.1, 0.15) is 13.3 Å². The molecule has 2 aliphatic rings. The van der Waals surface area contributed by atoms with Gasteiger partial charge in [-0.25, -0.2) is 0 Å². The van der Waals surface area contributed by atoms with Crippen LogP contribution in [-0.4, -0.2) is 6.04 Å². The van der Waals surface area contributed by atoms with Crippen molar-refractivity contribution in [2.24, 2.45) is 5.92 Å². The van der Waals surface area contributed by atoms with Crippen molar-refractivity contribution in [1.82, 2.24) is 0 Å². The van der Waals surface area contributed by atoms with Crippen LogP contribution in [0.2, 0.25) is 0 Å². The van der Waals surface area contributed by atoms with E-state index < -0.39 is 0 Å². The highest BCUT2D eigenvalue weighted by molar-refractivity contribution is 5.54. The summed E-state index contributed by atoms with van der Waals surface area (Å²) in [5.74, 6) is 0.630. The summed E-state index contributed by atoms with van der Waals surface area (Å²) in [4.78, 5) is 2.40. The van der Waals surface area contributed by atoms with Crippen molar-refractivity contribution in [2.75, 3.05) is 4.90 Å². The maximum Gasteiger partial charge on any atom is 0.0471 e. The number of hydrogen-bond donors (Lipinski definition) is 0. The van der Waals surface area contributed by atoms with E-state index in [1.807, 2.05) is 0 Å². The maximum atomic E-state index is 2.40. The molecule has 0 N–H and O–H groups in total. The average molecular weight is 197 g/mol. The first-order chi connectivity index (χ1) is 7.34. The van der Waals surface area contributed by atoms with Gasteiger partial charge in [0.25, 0.3) is 0 Å². The standard InChI is InChI=1S/C14H15N/c1-11-9-12-7-8-15(14(12)10-11)13-5-3-2-4-6-13/h2-9,12,14H,10H2,1H3. The summed E-state index contributed by atoms with van der Waals surface area (Å²) in [6.07, 6.45) is 8.14. The van der Waals surface area contributed by atoms with Gasteiger partial charge in [-0.3, -0.25) is 0 Å². The fourth-order valence-electron chi connectivity index (χ4n) is 2.62. The van der Waals surface area contributed by atoms with Crippen LogP contribution < -0.4 is 4.90 Å². The molecule has 1 aliphatic heterocycles. The second kappa shape index (κ2) is 3.27. The zero-order valence-electron chi connectivity index (χ0n) is 8.93. The lowest BCUT2D eigenvalue weighted by molar-refractivity contribution is 0.634. The van der Waals surface area contributed by atoms with Gasteiger partial charge in [-0.2, -0.15) is 0 Å². The van der Waals surface area contributed by atoms with E-state index in [0.717, 1.165) is 0 Å². The molecule has 1 heterocycles. The summed E-state index contributed by atoms with van der Waals surface area (Å²) in [6, 6.07) is 11.3. The molecule has 0 bridgehead atoms. The molecule has 1 nitrogen and oxygen atoms in total. The molecule has 0 aromatic heterocycles. The third-order valence-corrected chi connectivity index (χ3v) is 3.33. The summed E-state index contributed by atoms with van der Waals surface area (Å²) in [5.41, 5.74) is 2.83. The zero-order valence-corrected chi connectivity index (χ0v) is 8.93. The predicted octanol–water partition coefficient (Wildman–Crippen LogP) is 3.36. The summed E-state index contributed by atoms with van der Waals surface area (Å²) < 4.78 is 0. The monoisotopic (exact) mass is 197 g/mol. The van der Waals surface area contributed by atoms with Crippen molar-refractivity contribution in [3.8, 4) is 0 Å². The van der Waals surface area contributed by atoms with E-state index >= 15 is 0 Å². The van der Waals surface area contributed by atoms with Gasteiger partial charge in [0.15, 0.2) is 0 Å². The van der Waals surface area contributed by atoms with Crippen LogP contribution in [0.15, 0.2) is 54.3 Å². The highest BCUT2D eigenvalue weighted by Crippen LogP contribution is 2.37. The molecule has 2 unspecified atom stereocenters. The van der Waals surface area contributed by atoms with E-state index in [1.54, 1.807) is 0 Å². The molecular weight excluding hydrogens is 182 g/mol. The molecule has 0 radical (unpaired) electrons. The van der Waals surface area contributed by atoms with E-state index in [1.165, 1.54) is 17.7 Å². The molecule has 0 saturated carbocycles. The minimum Gasteiger partial charge on any atom is -0.344 e. The van der Waals surface area contributed by atoms with E-state index in [9.17, 15) is 0 Å². The highest BCUT2D eigenvalue weighted by Gasteiger charge is 2.32. The van der Waals surface area contributed by atoms with Crippen LogP contribution in [0.3, 0.4) is 0 Å². The third-order valence-electron chi connectivity index (χ3n) is 3.33. The zero-order chi connectivity index (χ0) is 10.3. The number of benzene rings is 1. The van der Waals surface area contributed by atoms with Gasteiger partial charge < -0.3 is 4.90 Å². The lowest BCUT2D eigenvalue weighted by Crippen LogP contribution is -2.28. The molecule has 0 amide bonds. The number of hydrogen-bond acceptors (Lipinski definition) is 1. The van der Waals surface area contributed by atoms with Gasteiger partial charge in [-0.15, -0.1) is 0 Å². The topological polar surface area (TPSA) is 3.24 Å². The molecule has 15 heavy (non-hydrogen) atoms. The Hall–Kier alpha value is -1.50. The molecule has 0 spiro atoms.